The normalized spacial score (nSPS) is 26.5. The van der Waals surface area contributed by atoms with Crippen molar-refractivity contribution in [2.24, 2.45) is 0 Å². The average molecular weight is 553 g/mol. The first-order valence-corrected chi connectivity index (χ1v) is 12.2. The fraction of sp³-hybridized carbons (Fsp3) is 0.435. The number of amides is 1. The lowest BCUT2D eigenvalue weighted by Crippen LogP contribution is -2.66. The van der Waals surface area contributed by atoms with E-state index >= 15 is 0 Å². The minimum absolute atomic E-state index is 0.0704. The van der Waals surface area contributed by atoms with E-state index in [1.165, 1.54) is 0 Å². The molecule has 0 radical (unpaired) electrons. The summed E-state index contributed by atoms with van der Waals surface area (Å²) in [4.78, 5) is 66.2. The Morgan fingerprint density at radius 1 is 1.03 bits per heavy atom. The SMILES string of the molecule is CC(=O)OC[C@H]1O[C@@H](N2C(=O)/C(=C\c3cccnc3)SC2=S)[C@@H](OC(C)=O)[C@@H](OC(C)=O)[C@H]1OC(C)=O. The molecule has 0 bridgehead atoms. The van der Waals surface area contributed by atoms with Gasteiger partial charge in [0.1, 0.15) is 12.7 Å². The van der Waals surface area contributed by atoms with E-state index in [-0.39, 0.29) is 9.23 Å². The molecule has 3 heterocycles. The molecular weight excluding hydrogens is 528 g/mol. The molecule has 1 aromatic rings. The monoisotopic (exact) mass is 552 g/mol. The summed E-state index contributed by atoms with van der Waals surface area (Å²) in [6.07, 6.45) is -2.10. The highest BCUT2D eigenvalue weighted by atomic mass is 32.2. The second kappa shape index (κ2) is 12.3. The number of thiocarbonyl (C=S) groups is 1. The first kappa shape index (κ1) is 28.2. The maximum Gasteiger partial charge on any atom is 0.303 e. The Kier molecular flexibility index (Phi) is 9.34. The van der Waals surface area contributed by atoms with Gasteiger partial charge < -0.3 is 23.7 Å². The zero-order valence-electron chi connectivity index (χ0n) is 20.3. The summed E-state index contributed by atoms with van der Waals surface area (Å²) in [5, 5.41) is 0. The zero-order valence-corrected chi connectivity index (χ0v) is 21.9. The van der Waals surface area contributed by atoms with E-state index in [9.17, 15) is 24.0 Å². The van der Waals surface area contributed by atoms with Crippen LogP contribution in [0.3, 0.4) is 0 Å². The number of carbonyl (C=O) groups excluding carboxylic acids is 5. The number of aromatic nitrogens is 1. The molecule has 0 spiro atoms. The third-order valence-corrected chi connectivity index (χ3v) is 6.36. The van der Waals surface area contributed by atoms with Gasteiger partial charge in [-0.2, -0.15) is 0 Å². The van der Waals surface area contributed by atoms with Crippen molar-refractivity contribution in [3.63, 3.8) is 0 Å². The number of carbonyl (C=O) groups is 5. The van der Waals surface area contributed by atoms with Gasteiger partial charge in [0.2, 0.25) is 0 Å². The Labute approximate surface area is 221 Å². The molecule has 37 heavy (non-hydrogen) atoms. The smallest absolute Gasteiger partial charge is 0.303 e. The molecule has 0 unspecified atom stereocenters. The molecule has 14 heteroatoms. The van der Waals surface area contributed by atoms with Crippen LogP contribution in [0.4, 0.5) is 0 Å². The topological polar surface area (TPSA) is 148 Å². The molecule has 0 saturated carbocycles. The molecule has 12 nitrogen and oxygen atoms in total. The number of nitrogens with zero attached hydrogens (tertiary/aromatic N) is 2. The Balaban J connectivity index is 2.05. The van der Waals surface area contributed by atoms with Crippen molar-refractivity contribution < 1.29 is 47.7 Å². The summed E-state index contributed by atoms with van der Waals surface area (Å²) < 4.78 is 27.4. The third kappa shape index (κ3) is 7.11. The molecule has 3 rings (SSSR count). The van der Waals surface area contributed by atoms with Crippen molar-refractivity contribution in [2.75, 3.05) is 6.61 Å². The van der Waals surface area contributed by atoms with Crippen LogP contribution in [0, 0.1) is 0 Å². The van der Waals surface area contributed by atoms with E-state index in [0.717, 1.165) is 44.4 Å². The molecule has 0 aromatic carbocycles. The molecule has 1 aromatic heterocycles. The first-order valence-electron chi connectivity index (χ1n) is 11.0. The first-order chi connectivity index (χ1) is 17.5. The maximum atomic E-state index is 13.4. The minimum Gasteiger partial charge on any atom is -0.463 e. The second-order valence-corrected chi connectivity index (χ2v) is 9.60. The van der Waals surface area contributed by atoms with Crippen LogP contribution in [0.25, 0.3) is 6.08 Å². The van der Waals surface area contributed by atoms with Crippen molar-refractivity contribution in [1.29, 1.82) is 0 Å². The van der Waals surface area contributed by atoms with E-state index in [1.54, 1.807) is 30.6 Å². The maximum absolute atomic E-state index is 13.4. The van der Waals surface area contributed by atoms with Gasteiger partial charge in [-0.05, 0) is 17.7 Å². The fourth-order valence-corrected chi connectivity index (χ4v) is 5.04. The summed E-state index contributed by atoms with van der Waals surface area (Å²) in [7, 11) is 0. The number of hydrogen-bond donors (Lipinski definition) is 0. The van der Waals surface area contributed by atoms with Gasteiger partial charge >= 0.3 is 23.9 Å². The molecule has 0 N–H and O–H groups in total. The lowest BCUT2D eigenvalue weighted by molar-refractivity contribution is -0.268. The van der Waals surface area contributed by atoms with Crippen molar-refractivity contribution in [1.82, 2.24) is 9.88 Å². The highest BCUT2D eigenvalue weighted by molar-refractivity contribution is 8.26. The van der Waals surface area contributed by atoms with E-state index < -0.39 is 67.0 Å². The van der Waals surface area contributed by atoms with E-state index in [1.807, 2.05) is 0 Å². The van der Waals surface area contributed by atoms with Crippen molar-refractivity contribution in [3.8, 4) is 0 Å². The van der Waals surface area contributed by atoms with Gasteiger partial charge in [0, 0.05) is 40.1 Å². The largest absolute Gasteiger partial charge is 0.463 e. The van der Waals surface area contributed by atoms with Crippen molar-refractivity contribution >= 4 is 64.2 Å². The summed E-state index contributed by atoms with van der Waals surface area (Å²) in [6.45, 7) is 4.08. The van der Waals surface area contributed by atoms with E-state index in [4.69, 9.17) is 35.9 Å². The molecule has 1 amide bonds. The summed E-state index contributed by atoms with van der Waals surface area (Å²) in [5.41, 5.74) is 0.643. The van der Waals surface area contributed by atoms with Crippen LogP contribution in [-0.4, -0.2) is 81.2 Å². The van der Waals surface area contributed by atoms with Gasteiger partial charge in [-0.15, -0.1) is 0 Å². The van der Waals surface area contributed by atoms with Crippen LogP contribution < -0.4 is 0 Å². The second-order valence-electron chi connectivity index (χ2n) is 7.93. The number of pyridine rings is 1. The Morgan fingerprint density at radius 2 is 1.65 bits per heavy atom. The van der Waals surface area contributed by atoms with Crippen LogP contribution in [0.2, 0.25) is 0 Å². The number of hydrogen-bond acceptors (Lipinski definition) is 13. The lowest BCUT2D eigenvalue weighted by Gasteiger charge is -2.46. The highest BCUT2D eigenvalue weighted by Gasteiger charge is 2.56. The quantitative estimate of drug-likeness (QED) is 0.208. The number of rotatable bonds is 7. The molecule has 2 fully saturated rings. The van der Waals surface area contributed by atoms with Gasteiger partial charge in [0.15, 0.2) is 28.9 Å². The van der Waals surface area contributed by atoms with Gasteiger partial charge in [-0.25, -0.2) is 0 Å². The summed E-state index contributed by atoms with van der Waals surface area (Å²) in [5.74, 6) is -3.55. The van der Waals surface area contributed by atoms with Crippen molar-refractivity contribution in [2.45, 2.75) is 58.3 Å². The molecule has 0 aliphatic carbocycles. The van der Waals surface area contributed by atoms with Gasteiger partial charge in [0.05, 0.1) is 4.91 Å². The number of esters is 4. The summed E-state index contributed by atoms with van der Waals surface area (Å²) in [6, 6.07) is 3.44. The highest BCUT2D eigenvalue weighted by Crippen LogP contribution is 2.39. The van der Waals surface area contributed by atoms with Crippen molar-refractivity contribution in [3.05, 3.63) is 35.0 Å². The Bertz CT molecular complexity index is 1130. The van der Waals surface area contributed by atoms with Crippen LogP contribution in [0.15, 0.2) is 29.4 Å². The standard InChI is InChI=1S/C23H24N2O10S2/c1-11(26)31-10-16-18(32-12(2)27)19(33-13(3)28)20(34-14(4)29)22(35-16)25-21(30)17(37-23(25)36)8-15-6-5-7-24-9-15/h5-9,16,18-20,22H,10H2,1-4H3/b17-8+/t16-,18+,19+,20+,22-/m1/s1. The fourth-order valence-electron chi connectivity index (χ4n) is 3.73. The third-order valence-electron chi connectivity index (χ3n) is 5.03. The molecule has 2 aliphatic rings. The number of thioether (sulfide) groups is 1. The van der Waals surface area contributed by atoms with Crippen LogP contribution in [0.5, 0.6) is 0 Å². The minimum atomic E-state index is -1.44. The zero-order chi connectivity index (χ0) is 27.3. The molecular formula is C23H24N2O10S2. The Hall–Kier alpha value is -3.36. The van der Waals surface area contributed by atoms with Gasteiger partial charge in [-0.1, -0.05) is 30.0 Å². The molecule has 198 valence electrons. The lowest BCUT2D eigenvalue weighted by atomic mass is 9.96. The predicted octanol–water partition coefficient (Wildman–Crippen LogP) is 1.37. The van der Waals surface area contributed by atoms with Gasteiger partial charge in [-0.3, -0.25) is 33.9 Å². The van der Waals surface area contributed by atoms with Crippen LogP contribution >= 0.6 is 24.0 Å². The predicted molar refractivity (Wildman–Crippen MR) is 131 cm³/mol. The number of ether oxygens (including phenoxy) is 5. The summed E-state index contributed by atoms with van der Waals surface area (Å²) >= 11 is 6.42. The van der Waals surface area contributed by atoms with Crippen LogP contribution in [-0.2, 0) is 47.7 Å². The van der Waals surface area contributed by atoms with E-state index in [2.05, 4.69) is 4.98 Å². The van der Waals surface area contributed by atoms with Crippen LogP contribution in [0.1, 0.15) is 33.3 Å². The molecule has 5 atom stereocenters. The van der Waals surface area contributed by atoms with Gasteiger partial charge in [0.25, 0.3) is 5.91 Å². The molecule has 2 saturated heterocycles. The average Bonchev–Trinajstić information content (AvgIpc) is 3.07. The molecule has 2 aliphatic heterocycles. The Morgan fingerprint density at radius 3 is 2.22 bits per heavy atom. The van der Waals surface area contributed by atoms with E-state index in [0.29, 0.717) is 5.56 Å².